The Balaban J connectivity index is 2.25. The molecule has 1 heterocycles. The molecule has 2 nitrogen and oxygen atoms in total. The molecule has 0 radical (unpaired) electrons. The monoisotopic (exact) mass is 189 g/mol. The van der Waals surface area contributed by atoms with Crippen LogP contribution in [0.3, 0.4) is 0 Å². The van der Waals surface area contributed by atoms with E-state index < -0.39 is 0 Å². The Morgan fingerprint density at radius 1 is 1.36 bits per heavy atom. The second kappa shape index (κ2) is 3.84. The van der Waals surface area contributed by atoms with Gasteiger partial charge in [-0.3, -0.25) is 0 Å². The molecule has 0 amide bonds. The topological polar surface area (TPSA) is 25.2 Å². The number of nitrogens with one attached hydrogen (secondary N) is 1. The normalized spacial score (nSPS) is 13.3. The summed E-state index contributed by atoms with van der Waals surface area (Å²) in [6.07, 6.45) is 2.79. The molecule has 1 atom stereocenters. The molecule has 0 saturated carbocycles. The predicted octanol–water partition coefficient (Wildman–Crippen LogP) is 2.58. The number of furan rings is 1. The molecule has 0 spiro atoms. The molecule has 0 aliphatic heterocycles. The van der Waals surface area contributed by atoms with Gasteiger partial charge in [0.2, 0.25) is 0 Å². The fourth-order valence-corrected chi connectivity index (χ4v) is 1.60. The first kappa shape index (κ1) is 9.28. The van der Waals surface area contributed by atoms with Gasteiger partial charge in [0.15, 0.2) is 0 Å². The van der Waals surface area contributed by atoms with Gasteiger partial charge in [-0.1, -0.05) is 6.07 Å². The number of likely N-dealkylation sites (N-methyl/N-ethyl adjacent to an activating group) is 1. The Labute approximate surface area is 83.9 Å². The molecule has 0 fully saturated rings. The van der Waals surface area contributed by atoms with Crippen molar-refractivity contribution in [3.8, 4) is 0 Å². The SMILES string of the molecule is CN[C@@H](C)Cc1ccc2occc2c1. The van der Waals surface area contributed by atoms with Gasteiger partial charge in [0.25, 0.3) is 0 Å². The molecule has 1 aromatic heterocycles. The molecule has 0 bridgehead atoms. The van der Waals surface area contributed by atoms with Crippen molar-refractivity contribution in [3.63, 3.8) is 0 Å². The van der Waals surface area contributed by atoms with Crippen LogP contribution in [0.5, 0.6) is 0 Å². The van der Waals surface area contributed by atoms with E-state index in [1.165, 1.54) is 10.9 Å². The molecule has 14 heavy (non-hydrogen) atoms. The quantitative estimate of drug-likeness (QED) is 0.802. The lowest BCUT2D eigenvalue weighted by molar-refractivity contribution is 0.606. The first-order valence-electron chi connectivity index (χ1n) is 4.93. The molecule has 1 aromatic carbocycles. The highest BCUT2D eigenvalue weighted by atomic mass is 16.3. The summed E-state index contributed by atoms with van der Waals surface area (Å²) < 4.78 is 5.29. The van der Waals surface area contributed by atoms with Gasteiger partial charge in [-0.2, -0.15) is 0 Å². The van der Waals surface area contributed by atoms with Crippen LogP contribution in [0.2, 0.25) is 0 Å². The van der Waals surface area contributed by atoms with E-state index in [9.17, 15) is 0 Å². The van der Waals surface area contributed by atoms with Crippen LogP contribution in [0.25, 0.3) is 11.0 Å². The minimum absolute atomic E-state index is 0.513. The van der Waals surface area contributed by atoms with Gasteiger partial charge in [-0.25, -0.2) is 0 Å². The second-order valence-electron chi connectivity index (χ2n) is 3.69. The summed E-state index contributed by atoms with van der Waals surface area (Å²) in [5, 5.41) is 4.42. The van der Waals surface area contributed by atoms with E-state index in [-0.39, 0.29) is 0 Å². The smallest absolute Gasteiger partial charge is 0.133 e. The lowest BCUT2D eigenvalue weighted by atomic mass is 10.1. The maximum Gasteiger partial charge on any atom is 0.133 e. The van der Waals surface area contributed by atoms with Crippen molar-refractivity contribution in [2.75, 3.05) is 7.05 Å². The molecule has 2 aromatic rings. The zero-order valence-electron chi connectivity index (χ0n) is 8.58. The van der Waals surface area contributed by atoms with Crippen LogP contribution in [0.4, 0.5) is 0 Å². The number of hydrogen-bond acceptors (Lipinski definition) is 2. The van der Waals surface area contributed by atoms with Gasteiger partial charge in [-0.15, -0.1) is 0 Å². The fraction of sp³-hybridized carbons (Fsp3) is 0.333. The summed E-state index contributed by atoms with van der Waals surface area (Å²) in [6.45, 7) is 2.18. The fourth-order valence-electron chi connectivity index (χ4n) is 1.60. The Kier molecular flexibility index (Phi) is 2.55. The van der Waals surface area contributed by atoms with Gasteiger partial charge in [-0.05, 0) is 44.2 Å². The van der Waals surface area contributed by atoms with Crippen molar-refractivity contribution in [2.45, 2.75) is 19.4 Å². The van der Waals surface area contributed by atoms with Crippen LogP contribution < -0.4 is 5.32 Å². The Bertz CT molecular complexity index is 419. The molecule has 74 valence electrons. The van der Waals surface area contributed by atoms with Crippen molar-refractivity contribution in [2.24, 2.45) is 0 Å². The highest BCUT2D eigenvalue weighted by molar-refractivity contribution is 5.77. The third-order valence-electron chi connectivity index (χ3n) is 2.55. The minimum Gasteiger partial charge on any atom is -0.464 e. The van der Waals surface area contributed by atoms with Gasteiger partial charge in [0.05, 0.1) is 6.26 Å². The Morgan fingerprint density at radius 2 is 2.21 bits per heavy atom. The minimum atomic E-state index is 0.513. The number of hydrogen-bond donors (Lipinski definition) is 1. The van der Waals surface area contributed by atoms with E-state index >= 15 is 0 Å². The van der Waals surface area contributed by atoms with Gasteiger partial charge in [0.1, 0.15) is 5.58 Å². The first-order chi connectivity index (χ1) is 6.79. The van der Waals surface area contributed by atoms with E-state index in [0.29, 0.717) is 6.04 Å². The van der Waals surface area contributed by atoms with E-state index in [2.05, 4.69) is 24.4 Å². The van der Waals surface area contributed by atoms with Crippen molar-refractivity contribution in [3.05, 3.63) is 36.1 Å². The summed E-state index contributed by atoms with van der Waals surface area (Å²) >= 11 is 0. The average Bonchev–Trinajstić information content (AvgIpc) is 2.64. The summed E-state index contributed by atoms with van der Waals surface area (Å²) in [7, 11) is 1.99. The van der Waals surface area contributed by atoms with Crippen LogP contribution in [0.15, 0.2) is 34.9 Å². The van der Waals surface area contributed by atoms with Gasteiger partial charge >= 0.3 is 0 Å². The molecule has 0 saturated heterocycles. The third kappa shape index (κ3) is 1.80. The summed E-state index contributed by atoms with van der Waals surface area (Å²) in [6, 6.07) is 8.86. The second-order valence-corrected chi connectivity index (χ2v) is 3.69. The first-order valence-corrected chi connectivity index (χ1v) is 4.93. The van der Waals surface area contributed by atoms with E-state index in [0.717, 1.165) is 12.0 Å². The van der Waals surface area contributed by atoms with Crippen molar-refractivity contribution in [1.82, 2.24) is 5.32 Å². The van der Waals surface area contributed by atoms with Crippen molar-refractivity contribution in [1.29, 1.82) is 0 Å². The molecule has 1 N–H and O–H groups in total. The van der Waals surface area contributed by atoms with E-state index in [1.807, 2.05) is 19.2 Å². The lowest BCUT2D eigenvalue weighted by Gasteiger charge is -2.09. The number of benzene rings is 1. The molecule has 2 rings (SSSR count). The number of fused-ring (bicyclic) bond motifs is 1. The zero-order valence-corrected chi connectivity index (χ0v) is 8.58. The Morgan fingerprint density at radius 3 is 3.00 bits per heavy atom. The average molecular weight is 189 g/mol. The van der Waals surface area contributed by atoms with Crippen molar-refractivity contribution < 1.29 is 4.42 Å². The van der Waals surface area contributed by atoms with Gasteiger partial charge in [0, 0.05) is 11.4 Å². The van der Waals surface area contributed by atoms with Crippen LogP contribution in [0.1, 0.15) is 12.5 Å². The van der Waals surface area contributed by atoms with Crippen LogP contribution in [-0.4, -0.2) is 13.1 Å². The van der Waals surface area contributed by atoms with Crippen molar-refractivity contribution >= 4 is 11.0 Å². The van der Waals surface area contributed by atoms with Crippen LogP contribution in [-0.2, 0) is 6.42 Å². The molecule has 0 aliphatic carbocycles. The molecular weight excluding hydrogens is 174 g/mol. The highest BCUT2D eigenvalue weighted by Gasteiger charge is 2.02. The maximum absolute atomic E-state index is 5.29. The number of rotatable bonds is 3. The summed E-state index contributed by atoms with van der Waals surface area (Å²) in [4.78, 5) is 0. The predicted molar refractivity (Wildman–Crippen MR) is 58.4 cm³/mol. The van der Waals surface area contributed by atoms with Crippen LogP contribution >= 0.6 is 0 Å². The molecule has 0 unspecified atom stereocenters. The van der Waals surface area contributed by atoms with E-state index in [4.69, 9.17) is 4.42 Å². The van der Waals surface area contributed by atoms with Gasteiger partial charge < -0.3 is 9.73 Å². The highest BCUT2D eigenvalue weighted by Crippen LogP contribution is 2.17. The van der Waals surface area contributed by atoms with E-state index in [1.54, 1.807) is 6.26 Å². The molecule has 0 aliphatic rings. The maximum atomic E-state index is 5.29. The van der Waals surface area contributed by atoms with Crippen LogP contribution in [0, 0.1) is 0 Å². The Hall–Kier alpha value is -1.28. The summed E-state index contributed by atoms with van der Waals surface area (Å²) in [5.74, 6) is 0. The molecule has 2 heteroatoms. The summed E-state index contributed by atoms with van der Waals surface area (Å²) in [5.41, 5.74) is 2.31. The third-order valence-corrected chi connectivity index (χ3v) is 2.55. The standard InChI is InChI=1S/C12H15NO/c1-9(13-2)7-10-3-4-12-11(8-10)5-6-14-12/h3-6,8-9,13H,7H2,1-2H3/t9-/m0/s1. The molecular formula is C12H15NO. The largest absolute Gasteiger partial charge is 0.464 e. The zero-order chi connectivity index (χ0) is 9.97. The lowest BCUT2D eigenvalue weighted by Crippen LogP contribution is -2.23.